The first kappa shape index (κ1) is 20.5. The fourth-order valence-electron chi connectivity index (χ4n) is 5.25. The lowest BCUT2D eigenvalue weighted by atomic mass is 9.68. The highest BCUT2D eigenvalue weighted by molar-refractivity contribution is 5.80. The summed E-state index contributed by atoms with van der Waals surface area (Å²) in [5.74, 6) is 1.13. The predicted octanol–water partition coefficient (Wildman–Crippen LogP) is 3.35. The number of guanidine groups is 1. The van der Waals surface area contributed by atoms with Gasteiger partial charge in [0.1, 0.15) is 0 Å². The lowest BCUT2D eigenvalue weighted by Crippen LogP contribution is -2.46. The predicted molar refractivity (Wildman–Crippen MR) is 123 cm³/mol. The number of nitrogens with zero attached hydrogens (tertiary/aromatic N) is 4. The van der Waals surface area contributed by atoms with Gasteiger partial charge in [-0.15, -0.1) is 0 Å². The fourth-order valence-corrected chi connectivity index (χ4v) is 5.25. The standard InChI is InChI=1S/C24H39N5/c1-21-7-5-8-22(19-21)28-17-15-27(16-18-28)13-4-3-12-26-23(25-2)29-14-11-24(20-29)9-6-10-24/h5,7-8,19H,3-4,6,9-18,20H2,1-2H3,(H,25,26). The average molecular weight is 398 g/mol. The highest BCUT2D eigenvalue weighted by Crippen LogP contribution is 2.47. The SMILES string of the molecule is CN=C(NCCCCN1CCN(c2cccc(C)c2)CC1)N1CCC2(CCC2)C1. The van der Waals surface area contributed by atoms with Gasteiger partial charge < -0.3 is 15.1 Å². The van der Waals surface area contributed by atoms with E-state index in [0.717, 1.165) is 25.6 Å². The Morgan fingerprint density at radius 1 is 1.07 bits per heavy atom. The molecule has 1 aliphatic carbocycles. The highest BCUT2D eigenvalue weighted by Gasteiger charge is 2.43. The van der Waals surface area contributed by atoms with Crippen LogP contribution in [0, 0.1) is 12.3 Å². The van der Waals surface area contributed by atoms with Crippen LogP contribution < -0.4 is 10.2 Å². The second kappa shape index (κ2) is 9.38. The van der Waals surface area contributed by atoms with Crippen molar-refractivity contribution in [1.82, 2.24) is 15.1 Å². The normalized spacial score (nSPS) is 22.2. The summed E-state index contributed by atoms with van der Waals surface area (Å²) in [6, 6.07) is 8.90. The number of anilines is 1. The van der Waals surface area contributed by atoms with Crippen LogP contribution in [0.5, 0.6) is 0 Å². The van der Waals surface area contributed by atoms with Crippen LogP contribution in [0.4, 0.5) is 5.69 Å². The molecular formula is C24H39N5. The van der Waals surface area contributed by atoms with Gasteiger partial charge in [0.25, 0.3) is 0 Å². The Morgan fingerprint density at radius 3 is 2.55 bits per heavy atom. The second-order valence-electron chi connectivity index (χ2n) is 9.37. The Hall–Kier alpha value is -1.75. The van der Waals surface area contributed by atoms with Crippen LogP contribution in [0.3, 0.4) is 0 Å². The fraction of sp³-hybridized carbons (Fsp3) is 0.708. The summed E-state index contributed by atoms with van der Waals surface area (Å²) in [6.07, 6.45) is 8.13. The van der Waals surface area contributed by atoms with Crippen LogP contribution in [0.25, 0.3) is 0 Å². The molecule has 5 nitrogen and oxygen atoms in total. The Labute approximate surface area is 177 Å². The van der Waals surface area contributed by atoms with Crippen molar-refractivity contribution in [2.75, 3.05) is 64.3 Å². The van der Waals surface area contributed by atoms with Gasteiger partial charge in [-0.3, -0.25) is 9.89 Å². The van der Waals surface area contributed by atoms with Gasteiger partial charge >= 0.3 is 0 Å². The summed E-state index contributed by atoms with van der Waals surface area (Å²) in [4.78, 5) is 12.2. The second-order valence-corrected chi connectivity index (χ2v) is 9.37. The van der Waals surface area contributed by atoms with E-state index in [4.69, 9.17) is 0 Å². The molecule has 1 N–H and O–H groups in total. The van der Waals surface area contributed by atoms with Crippen LogP contribution in [0.2, 0.25) is 0 Å². The molecule has 1 saturated carbocycles. The number of aliphatic imine (C=N–C) groups is 1. The van der Waals surface area contributed by atoms with Crippen LogP contribution >= 0.6 is 0 Å². The van der Waals surface area contributed by atoms with E-state index in [1.807, 2.05) is 7.05 Å². The monoisotopic (exact) mass is 397 g/mol. The van der Waals surface area contributed by atoms with E-state index < -0.39 is 0 Å². The number of nitrogens with one attached hydrogen (secondary N) is 1. The molecule has 3 fully saturated rings. The van der Waals surface area contributed by atoms with Crippen LogP contribution in [0.15, 0.2) is 29.3 Å². The molecule has 2 heterocycles. The van der Waals surface area contributed by atoms with Crippen molar-refractivity contribution in [1.29, 1.82) is 0 Å². The molecule has 160 valence electrons. The first-order valence-electron chi connectivity index (χ1n) is 11.7. The molecule has 5 heteroatoms. The Kier molecular flexibility index (Phi) is 6.63. The summed E-state index contributed by atoms with van der Waals surface area (Å²) in [5, 5.41) is 3.62. The van der Waals surface area contributed by atoms with Crippen molar-refractivity contribution in [3.05, 3.63) is 29.8 Å². The molecule has 0 radical (unpaired) electrons. The van der Waals surface area contributed by atoms with Gasteiger partial charge in [-0.1, -0.05) is 18.6 Å². The van der Waals surface area contributed by atoms with Gasteiger partial charge in [0, 0.05) is 58.5 Å². The molecule has 0 aromatic heterocycles. The smallest absolute Gasteiger partial charge is 0.193 e. The first-order chi connectivity index (χ1) is 14.2. The van der Waals surface area contributed by atoms with Crippen molar-refractivity contribution in [2.24, 2.45) is 10.4 Å². The molecule has 2 aliphatic heterocycles. The van der Waals surface area contributed by atoms with Crippen molar-refractivity contribution >= 4 is 11.6 Å². The number of aryl methyl sites for hydroxylation is 1. The van der Waals surface area contributed by atoms with Crippen molar-refractivity contribution in [2.45, 2.75) is 45.4 Å². The summed E-state index contributed by atoms with van der Waals surface area (Å²) in [5.41, 5.74) is 3.37. The molecule has 0 atom stereocenters. The van der Waals surface area contributed by atoms with Crippen LogP contribution in [0.1, 0.15) is 44.1 Å². The van der Waals surface area contributed by atoms with Gasteiger partial charge in [0.15, 0.2) is 5.96 Å². The van der Waals surface area contributed by atoms with Gasteiger partial charge in [0.2, 0.25) is 0 Å². The van der Waals surface area contributed by atoms with Crippen molar-refractivity contribution < 1.29 is 0 Å². The minimum Gasteiger partial charge on any atom is -0.369 e. The summed E-state index contributed by atoms with van der Waals surface area (Å²) >= 11 is 0. The molecule has 3 aliphatic rings. The zero-order valence-electron chi connectivity index (χ0n) is 18.5. The van der Waals surface area contributed by atoms with Gasteiger partial charge in [0.05, 0.1) is 0 Å². The Morgan fingerprint density at radius 2 is 1.90 bits per heavy atom. The number of likely N-dealkylation sites (tertiary alicyclic amines) is 1. The number of piperazine rings is 1. The van der Waals surface area contributed by atoms with E-state index in [9.17, 15) is 0 Å². The first-order valence-corrected chi connectivity index (χ1v) is 11.7. The summed E-state index contributed by atoms with van der Waals surface area (Å²) in [6.45, 7) is 11.5. The lowest BCUT2D eigenvalue weighted by Gasteiger charge is -2.38. The largest absolute Gasteiger partial charge is 0.369 e. The van der Waals surface area contributed by atoms with Crippen molar-refractivity contribution in [3.63, 3.8) is 0 Å². The maximum absolute atomic E-state index is 4.54. The van der Waals surface area contributed by atoms with Crippen molar-refractivity contribution in [3.8, 4) is 0 Å². The van der Waals surface area contributed by atoms with Gasteiger partial charge in [-0.2, -0.15) is 0 Å². The molecule has 1 spiro atoms. The maximum Gasteiger partial charge on any atom is 0.193 e. The summed E-state index contributed by atoms with van der Waals surface area (Å²) < 4.78 is 0. The molecule has 0 unspecified atom stereocenters. The van der Waals surface area contributed by atoms with Gasteiger partial charge in [-0.25, -0.2) is 0 Å². The summed E-state index contributed by atoms with van der Waals surface area (Å²) in [7, 11) is 1.93. The van der Waals surface area contributed by atoms with E-state index in [0.29, 0.717) is 5.41 Å². The third kappa shape index (κ3) is 5.06. The molecule has 0 amide bonds. The van der Waals surface area contributed by atoms with E-state index in [2.05, 4.69) is 56.2 Å². The zero-order chi connectivity index (χ0) is 20.1. The quantitative estimate of drug-likeness (QED) is 0.453. The van der Waals surface area contributed by atoms with E-state index >= 15 is 0 Å². The number of benzene rings is 1. The average Bonchev–Trinajstić information content (AvgIpc) is 3.17. The van der Waals surface area contributed by atoms with E-state index in [1.54, 1.807) is 0 Å². The molecule has 4 rings (SSSR count). The number of unbranched alkanes of at least 4 members (excludes halogenated alkanes) is 1. The van der Waals surface area contributed by atoms with E-state index in [1.165, 1.54) is 82.5 Å². The molecule has 0 bridgehead atoms. The Bertz CT molecular complexity index is 688. The zero-order valence-corrected chi connectivity index (χ0v) is 18.5. The number of rotatable bonds is 6. The Balaban J connectivity index is 1.10. The molecule has 1 aromatic rings. The highest BCUT2D eigenvalue weighted by atomic mass is 15.3. The molecule has 1 aromatic carbocycles. The van der Waals surface area contributed by atoms with Gasteiger partial charge in [-0.05, 0) is 68.7 Å². The maximum atomic E-state index is 4.54. The minimum atomic E-state index is 0.637. The van der Waals surface area contributed by atoms with Crippen LogP contribution in [-0.2, 0) is 0 Å². The lowest BCUT2D eigenvalue weighted by molar-refractivity contribution is 0.151. The third-order valence-electron chi connectivity index (χ3n) is 7.29. The van der Waals surface area contributed by atoms with E-state index in [-0.39, 0.29) is 0 Å². The minimum absolute atomic E-state index is 0.637. The molecule has 2 saturated heterocycles. The number of hydrogen-bond acceptors (Lipinski definition) is 3. The third-order valence-corrected chi connectivity index (χ3v) is 7.29. The number of hydrogen-bond donors (Lipinski definition) is 1. The molecular weight excluding hydrogens is 358 g/mol. The van der Waals surface area contributed by atoms with Crippen LogP contribution in [-0.4, -0.2) is 75.2 Å². The topological polar surface area (TPSA) is 34.1 Å². The molecule has 29 heavy (non-hydrogen) atoms.